The normalized spacial score (nSPS) is 35.9. The molecule has 98 valence electrons. The van der Waals surface area contributed by atoms with Gasteiger partial charge in [0.15, 0.2) is 9.84 Å². The Hall–Kier alpha value is -0.580. The van der Waals surface area contributed by atoms with Gasteiger partial charge in [-0.2, -0.15) is 0 Å². The molecule has 0 aromatic rings. The molecule has 2 unspecified atom stereocenters. The fourth-order valence-corrected chi connectivity index (χ4v) is 4.10. The van der Waals surface area contributed by atoms with Crippen molar-refractivity contribution in [2.75, 3.05) is 5.75 Å². The second-order valence-corrected chi connectivity index (χ2v) is 8.59. The monoisotopic (exact) mass is 260 g/mol. The van der Waals surface area contributed by atoms with Crippen molar-refractivity contribution in [1.29, 1.82) is 0 Å². The Bertz CT molecular complexity index is 414. The van der Waals surface area contributed by atoms with Gasteiger partial charge in [0.05, 0.1) is 16.4 Å². The van der Waals surface area contributed by atoms with Gasteiger partial charge in [-0.1, -0.05) is 0 Å². The molecule has 2 rings (SSSR count). The van der Waals surface area contributed by atoms with Gasteiger partial charge in [-0.25, -0.2) is 8.42 Å². The summed E-state index contributed by atoms with van der Waals surface area (Å²) in [5.41, 5.74) is -0.754. The molecule has 0 aromatic heterocycles. The van der Waals surface area contributed by atoms with E-state index in [1.165, 1.54) is 0 Å². The molecule has 2 atom stereocenters. The summed E-state index contributed by atoms with van der Waals surface area (Å²) in [6.45, 7) is 3.30. The molecule has 1 N–H and O–H groups in total. The molecule has 2 saturated carbocycles. The maximum absolute atomic E-state index is 11.8. The molecule has 17 heavy (non-hydrogen) atoms. The Morgan fingerprint density at radius 2 is 1.88 bits per heavy atom. The Morgan fingerprint density at radius 1 is 1.35 bits per heavy atom. The average molecular weight is 260 g/mol. The van der Waals surface area contributed by atoms with Gasteiger partial charge in [0.2, 0.25) is 0 Å². The molecule has 0 amide bonds. The first kappa shape index (κ1) is 12.9. The minimum Gasteiger partial charge on any atom is -0.481 e. The third-order valence-corrected chi connectivity index (χ3v) is 6.62. The summed E-state index contributed by atoms with van der Waals surface area (Å²) >= 11 is 0. The van der Waals surface area contributed by atoms with Crippen LogP contribution in [-0.2, 0) is 14.6 Å². The molecule has 5 heteroatoms. The van der Waals surface area contributed by atoms with Crippen LogP contribution in [0.4, 0.5) is 0 Å². The lowest BCUT2D eigenvalue weighted by Gasteiger charge is -2.26. The van der Waals surface area contributed by atoms with Crippen LogP contribution >= 0.6 is 0 Å². The number of carboxylic acid groups (broad SMARTS) is 1. The van der Waals surface area contributed by atoms with E-state index in [0.29, 0.717) is 24.7 Å². The average Bonchev–Trinajstić information content (AvgIpc) is 2.83. The number of fused-ring (bicyclic) bond motifs is 1. The fraction of sp³-hybridized carbons (Fsp3) is 0.917. The maximum Gasteiger partial charge on any atom is 0.309 e. The van der Waals surface area contributed by atoms with E-state index in [0.717, 1.165) is 6.42 Å². The molecule has 0 aromatic carbocycles. The largest absolute Gasteiger partial charge is 0.481 e. The predicted octanol–water partition coefficient (Wildman–Crippen LogP) is 1.70. The summed E-state index contributed by atoms with van der Waals surface area (Å²) in [6, 6.07) is 0. The Labute approximate surface area is 102 Å². The van der Waals surface area contributed by atoms with Gasteiger partial charge in [0.25, 0.3) is 0 Å². The topological polar surface area (TPSA) is 71.4 Å². The van der Waals surface area contributed by atoms with Crippen LogP contribution in [-0.4, -0.2) is 30.5 Å². The van der Waals surface area contributed by atoms with Gasteiger partial charge in [0.1, 0.15) is 0 Å². The van der Waals surface area contributed by atoms with Crippen molar-refractivity contribution in [1.82, 2.24) is 0 Å². The van der Waals surface area contributed by atoms with Crippen LogP contribution in [0.25, 0.3) is 0 Å². The Kier molecular flexibility index (Phi) is 3.00. The molecule has 0 saturated heterocycles. The number of carbonyl (C=O) groups is 1. The zero-order valence-electron chi connectivity index (χ0n) is 10.3. The Balaban J connectivity index is 2.03. The first-order valence-corrected chi connectivity index (χ1v) is 7.93. The van der Waals surface area contributed by atoms with E-state index in [9.17, 15) is 18.3 Å². The second-order valence-electron chi connectivity index (χ2n) is 5.92. The predicted molar refractivity (Wildman–Crippen MR) is 64.4 cm³/mol. The summed E-state index contributed by atoms with van der Waals surface area (Å²) in [6.07, 6.45) is 2.79. The molecule has 0 heterocycles. The molecule has 4 nitrogen and oxygen atoms in total. The van der Waals surface area contributed by atoms with Crippen molar-refractivity contribution >= 4 is 15.8 Å². The number of carboxylic acids is 1. The summed E-state index contributed by atoms with van der Waals surface area (Å²) < 4.78 is 23.5. The zero-order chi connectivity index (χ0) is 12.8. The van der Waals surface area contributed by atoms with Gasteiger partial charge in [-0.15, -0.1) is 0 Å². The van der Waals surface area contributed by atoms with Crippen molar-refractivity contribution < 1.29 is 18.3 Å². The van der Waals surface area contributed by atoms with Crippen LogP contribution < -0.4 is 0 Å². The van der Waals surface area contributed by atoms with Gasteiger partial charge in [0, 0.05) is 0 Å². The lowest BCUT2D eigenvalue weighted by atomic mass is 9.80. The van der Waals surface area contributed by atoms with Crippen molar-refractivity contribution in [3.63, 3.8) is 0 Å². The summed E-state index contributed by atoms with van der Waals surface area (Å²) in [5.74, 6) is 0.306. The van der Waals surface area contributed by atoms with E-state index in [4.69, 9.17) is 0 Å². The molecular weight excluding hydrogens is 240 g/mol. The standard InChI is InChI=1S/C12H20O4S/c1-8(2)17(15,16)4-3-12(11(13)14)6-9-5-10(9)7-12/h8-10H,3-7H2,1-2H3,(H,13,14). The van der Waals surface area contributed by atoms with Gasteiger partial charge in [-0.05, 0) is 51.4 Å². The van der Waals surface area contributed by atoms with E-state index in [1.54, 1.807) is 13.8 Å². The summed E-state index contributed by atoms with van der Waals surface area (Å²) in [7, 11) is -3.12. The first-order valence-electron chi connectivity index (χ1n) is 6.22. The zero-order valence-corrected chi connectivity index (χ0v) is 11.2. The van der Waals surface area contributed by atoms with Crippen LogP contribution in [0, 0.1) is 17.3 Å². The highest BCUT2D eigenvalue weighted by atomic mass is 32.2. The molecule has 2 fully saturated rings. The molecule has 2 aliphatic rings. The Morgan fingerprint density at radius 3 is 2.29 bits per heavy atom. The van der Waals surface area contributed by atoms with Crippen molar-refractivity contribution in [3.05, 3.63) is 0 Å². The van der Waals surface area contributed by atoms with Crippen LogP contribution in [0.1, 0.15) is 39.5 Å². The van der Waals surface area contributed by atoms with Gasteiger partial charge >= 0.3 is 5.97 Å². The summed E-state index contributed by atoms with van der Waals surface area (Å²) in [4.78, 5) is 11.4. The SMILES string of the molecule is CC(C)S(=O)(=O)CCC1(C(=O)O)CC2CC2C1. The highest BCUT2D eigenvalue weighted by Gasteiger charge is 2.57. The number of hydrogen-bond acceptors (Lipinski definition) is 3. The smallest absolute Gasteiger partial charge is 0.309 e. The van der Waals surface area contributed by atoms with E-state index in [1.807, 2.05) is 0 Å². The van der Waals surface area contributed by atoms with Crippen molar-refractivity contribution in [2.24, 2.45) is 17.3 Å². The minimum atomic E-state index is -3.12. The lowest BCUT2D eigenvalue weighted by molar-refractivity contribution is -0.149. The number of hydrogen-bond donors (Lipinski definition) is 1. The lowest BCUT2D eigenvalue weighted by Crippen LogP contribution is -2.33. The highest BCUT2D eigenvalue weighted by molar-refractivity contribution is 7.91. The van der Waals surface area contributed by atoms with Crippen LogP contribution in [0.5, 0.6) is 0 Å². The van der Waals surface area contributed by atoms with Crippen molar-refractivity contribution in [2.45, 2.75) is 44.8 Å². The maximum atomic E-state index is 11.8. The molecule has 0 aliphatic heterocycles. The van der Waals surface area contributed by atoms with E-state index < -0.39 is 26.5 Å². The fourth-order valence-electron chi connectivity index (χ4n) is 2.96. The molecule has 0 bridgehead atoms. The third kappa shape index (κ3) is 2.34. The van der Waals surface area contributed by atoms with Crippen LogP contribution in [0.15, 0.2) is 0 Å². The quantitative estimate of drug-likeness (QED) is 0.816. The number of aliphatic carboxylic acids is 1. The van der Waals surface area contributed by atoms with E-state index in [-0.39, 0.29) is 12.2 Å². The first-order chi connectivity index (χ1) is 7.77. The van der Waals surface area contributed by atoms with Crippen molar-refractivity contribution in [3.8, 4) is 0 Å². The minimum absolute atomic E-state index is 0.0103. The summed E-state index contributed by atoms with van der Waals surface area (Å²) in [5, 5.41) is 8.93. The molecular formula is C12H20O4S. The van der Waals surface area contributed by atoms with Crippen LogP contribution in [0.2, 0.25) is 0 Å². The molecule has 0 spiro atoms. The van der Waals surface area contributed by atoms with E-state index >= 15 is 0 Å². The van der Waals surface area contributed by atoms with Gasteiger partial charge in [-0.3, -0.25) is 4.79 Å². The second kappa shape index (κ2) is 3.97. The molecule has 2 aliphatic carbocycles. The number of sulfone groups is 1. The highest BCUT2D eigenvalue weighted by Crippen LogP contribution is 2.61. The third-order valence-electron chi connectivity index (χ3n) is 4.41. The number of rotatable bonds is 5. The van der Waals surface area contributed by atoms with Crippen LogP contribution in [0.3, 0.4) is 0 Å². The van der Waals surface area contributed by atoms with Gasteiger partial charge < -0.3 is 5.11 Å². The molecule has 0 radical (unpaired) electrons. The van der Waals surface area contributed by atoms with E-state index in [2.05, 4.69) is 0 Å².